The number of carbonyl (C=O) groups is 1. The number of aromatic nitrogens is 2. The Morgan fingerprint density at radius 3 is 2.68 bits per heavy atom. The second-order valence-electron chi connectivity index (χ2n) is 5.31. The van der Waals surface area contributed by atoms with E-state index in [4.69, 9.17) is 0 Å². The molecule has 0 atom stereocenters. The highest BCUT2D eigenvalue weighted by Crippen LogP contribution is 2.28. The molecule has 0 saturated carbocycles. The van der Waals surface area contributed by atoms with Crippen molar-refractivity contribution in [2.24, 2.45) is 0 Å². The number of aryl methyl sites for hydroxylation is 2. The molecule has 0 aromatic carbocycles. The van der Waals surface area contributed by atoms with Gasteiger partial charge >= 0.3 is 0 Å². The van der Waals surface area contributed by atoms with Crippen LogP contribution < -0.4 is 5.56 Å². The summed E-state index contributed by atoms with van der Waals surface area (Å²) in [6.07, 6.45) is 3.60. The summed E-state index contributed by atoms with van der Waals surface area (Å²) in [4.78, 5) is 32.7. The van der Waals surface area contributed by atoms with Crippen LogP contribution in [0.25, 0.3) is 10.2 Å². The lowest BCUT2D eigenvalue weighted by atomic mass is 10.2. The van der Waals surface area contributed by atoms with Crippen molar-refractivity contribution >= 4 is 27.5 Å². The zero-order valence-corrected chi connectivity index (χ0v) is 14.5. The monoisotopic (exact) mass is 321 g/mol. The van der Waals surface area contributed by atoms with Crippen molar-refractivity contribution in [2.45, 2.75) is 47.1 Å². The number of carbonyl (C=O) groups excluding carboxylic acids is 1. The van der Waals surface area contributed by atoms with Gasteiger partial charge in [-0.2, -0.15) is 0 Å². The fraction of sp³-hybridized carbons (Fsp3) is 0.562. The van der Waals surface area contributed by atoms with Crippen molar-refractivity contribution < 1.29 is 4.79 Å². The zero-order chi connectivity index (χ0) is 16.3. The number of nitrogens with zero attached hydrogens (tertiary/aromatic N) is 3. The van der Waals surface area contributed by atoms with Gasteiger partial charge in [0.05, 0.1) is 16.6 Å². The Hall–Kier alpha value is -1.69. The number of unbranched alkanes of at least 4 members (excludes halogenated alkanes) is 1. The Morgan fingerprint density at radius 2 is 2.09 bits per heavy atom. The van der Waals surface area contributed by atoms with Gasteiger partial charge < -0.3 is 4.90 Å². The molecule has 0 saturated heterocycles. The van der Waals surface area contributed by atoms with Gasteiger partial charge in [0.25, 0.3) is 11.5 Å². The standard InChI is InChI=1S/C16H23N3O2S/c1-5-8-9-18(6-2)16(21)13-11(4)12-14(22-13)17-10-19(7-3)15(12)20/h10H,5-9H2,1-4H3. The maximum atomic E-state index is 12.7. The van der Waals surface area contributed by atoms with Gasteiger partial charge in [-0.25, -0.2) is 4.98 Å². The third kappa shape index (κ3) is 2.92. The number of thiophene rings is 1. The van der Waals surface area contributed by atoms with Crippen LogP contribution in [0.1, 0.15) is 48.8 Å². The van der Waals surface area contributed by atoms with Crippen LogP contribution in [0.5, 0.6) is 0 Å². The van der Waals surface area contributed by atoms with E-state index >= 15 is 0 Å². The first-order chi connectivity index (χ1) is 10.5. The summed E-state index contributed by atoms with van der Waals surface area (Å²) in [5.74, 6) is 0.0129. The normalized spacial score (nSPS) is 11.1. The molecule has 0 radical (unpaired) electrons. The molecule has 0 unspecified atom stereocenters. The molecular weight excluding hydrogens is 298 g/mol. The minimum Gasteiger partial charge on any atom is -0.338 e. The molecule has 2 aromatic heterocycles. The fourth-order valence-corrected chi connectivity index (χ4v) is 3.59. The molecule has 0 aliphatic carbocycles. The summed E-state index contributed by atoms with van der Waals surface area (Å²) in [6.45, 7) is 9.87. The van der Waals surface area contributed by atoms with E-state index in [-0.39, 0.29) is 11.5 Å². The third-order valence-corrected chi connectivity index (χ3v) is 5.09. The molecular formula is C16H23N3O2S. The molecule has 0 aliphatic rings. The van der Waals surface area contributed by atoms with Gasteiger partial charge in [-0.1, -0.05) is 13.3 Å². The molecule has 1 amide bonds. The zero-order valence-electron chi connectivity index (χ0n) is 13.7. The van der Waals surface area contributed by atoms with E-state index in [0.29, 0.717) is 28.2 Å². The predicted molar refractivity (Wildman–Crippen MR) is 90.8 cm³/mol. The van der Waals surface area contributed by atoms with E-state index in [9.17, 15) is 9.59 Å². The van der Waals surface area contributed by atoms with Crippen LogP contribution in [0, 0.1) is 6.92 Å². The lowest BCUT2D eigenvalue weighted by Gasteiger charge is -2.20. The third-order valence-electron chi connectivity index (χ3n) is 3.90. The van der Waals surface area contributed by atoms with Crippen molar-refractivity contribution in [1.82, 2.24) is 14.5 Å². The first-order valence-electron chi connectivity index (χ1n) is 7.82. The second-order valence-corrected chi connectivity index (χ2v) is 6.31. The predicted octanol–water partition coefficient (Wildman–Crippen LogP) is 3.05. The summed E-state index contributed by atoms with van der Waals surface area (Å²) in [5, 5.41) is 0.587. The van der Waals surface area contributed by atoms with E-state index in [1.54, 1.807) is 10.9 Å². The SMILES string of the molecule is CCCCN(CC)C(=O)c1sc2ncn(CC)c(=O)c2c1C. The summed E-state index contributed by atoms with van der Waals surface area (Å²) < 4.78 is 1.57. The lowest BCUT2D eigenvalue weighted by Crippen LogP contribution is -2.31. The first-order valence-corrected chi connectivity index (χ1v) is 8.64. The Morgan fingerprint density at radius 1 is 1.36 bits per heavy atom. The van der Waals surface area contributed by atoms with Gasteiger partial charge in [0.2, 0.25) is 0 Å². The molecule has 2 heterocycles. The fourth-order valence-electron chi connectivity index (χ4n) is 2.48. The second kappa shape index (κ2) is 7.05. The van der Waals surface area contributed by atoms with Gasteiger partial charge in [0, 0.05) is 19.6 Å². The number of hydrogen-bond acceptors (Lipinski definition) is 4. The maximum absolute atomic E-state index is 12.7. The van der Waals surface area contributed by atoms with Gasteiger partial charge in [-0.05, 0) is 32.8 Å². The molecule has 6 heteroatoms. The van der Waals surface area contributed by atoms with Crippen LogP contribution in [-0.4, -0.2) is 33.4 Å². The van der Waals surface area contributed by atoms with Crippen molar-refractivity contribution in [1.29, 1.82) is 0 Å². The Bertz CT molecular complexity index is 733. The molecule has 2 rings (SSSR count). The number of hydrogen-bond donors (Lipinski definition) is 0. The molecule has 2 aromatic rings. The smallest absolute Gasteiger partial charge is 0.264 e. The summed E-state index contributed by atoms with van der Waals surface area (Å²) >= 11 is 1.33. The van der Waals surface area contributed by atoms with E-state index < -0.39 is 0 Å². The molecule has 0 N–H and O–H groups in total. The van der Waals surface area contributed by atoms with E-state index in [1.807, 2.05) is 25.7 Å². The van der Waals surface area contributed by atoms with Crippen LogP contribution in [0.3, 0.4) is 0 Å². The highest BCUT2D eigenvalue weighted by Gasteiger charge is 2.22. The average molecular weight is 321 g/mol. The Labute approximate surface area is 134 Å². The number of fused-ring (bicyclic) bond motifs is 1. The van der Waals surface area contributed by atoms with Crippen molar-refractivity contribution in [3.8, 4) is 0 Å². The summed E-state index contributed by atoms with van der Waals surface area (Å²) in [6, 6.07) is 0. The van der Waals surface area contributed by atoms with Gasteiger partial charge in [-0.15, -0.1) is 11.3 Å². The van der Waals surface area contributed by atoms with Gasteiger partial charge in [-0.3, -0.25) is 14.2 Å². The van der Waals surface area contributed by atoms with Crippen LogP contribution >= 0.6 is 11.3 Å². The topological polar surface area (TPSA) is 55.2 Å². The average Bonchev–Trinajstić information content (AvgIpc) is 2.86. The van der Waals surface area contributed by atoms with Gasteiger partial charge in [0.15, 0.2) is 0 Å². The van der Waals surface area contributed by atoms with Crippen LogP contribution in [0.2, 0.25) is 0 Å². The van der Waals surface area contributed by atoms with Gasteiger partial charge in [0.1, 0.15) is 4.83 Å². The molecule has 0 bridgehead atoms. The first kappa shape index (κ1) is 16.7. The van der Waals surface area contributed by atoms with Crippen molar-refractivity contribution in [2.75, 3.05) is 13.1 Å². The largest absolute Gasteiger partial charge is 0.338 e. The van der Waals surface area contributed by atoms with Crippen LogP contribution in [0.15, 0.2) is 11.1 Å². The van der Waals surface area contributed by atoms with Crippen LogP contribution in [-0.2, 0) is 6.54 Å². The van der Waals surface area contributed by atoms with Crippen LogP contribution in [0.4, 0.5) is 0 Å². The van der Waals surface area contributed by atoms with E-state index in [2.05, 4.69) is 11.9 Å². The Kier molecular flexibility index (Phi) is 5.34. The minimum absolute atomic E-state index is 0.0129. The quantitative estimate of drug-likeness (QED) is 0.821. The lowest BCUT2D eigenvalue weighted by molar-refractivity contribution is 0.0766. The Balaban J connectivity index is 2.48. The molecule has 5 nitrogen and oxygen atoms in total. The molecule has 0 aliphatic heterocycles. The maximum Gasteiger partial charge on any atom is 0.264 e. The molecule has 120 valence electrons. The molecule has 22 heavy (non-hydrogen) atoms. The highest BCUT2D eigenvalue weighted by molar-refractivity contribution is 7.20. The molecule has 0 spiro atoms. The summed E-state index contributed by atoms with van der Waals surface area (Å²) in [7, 11) is 0. The highest BCUT2D eigenvalue weighted by atomic mass is 32.1. The number of rotatable bonds is 6. The summed E-state index contributed by atoms with van der Waals surface area (Å²) in [5.41, 5.74) is 0.706. The van der Waals surface area contributed by atoms with Crippen molar-refractivity contribution in [3.63, 3.8) is 0 Å². The van der Waals surface area contributed by atoms with E-state index in [1.165, 1.54) is 11.3 Å². The minimum atomic E-state index is -0.0584. The number of amides is 1. The van der Waals surface area contributed by atoms with Crippen molar-refractivity contribution in [3.05, 3.63) is 27.1 Å². The molecule has 0 fully saturated rings. The van der Waals surface area contributed by atoms with E-state index in [0.717, 1.165) is 24.9 Å².